The maximum absolute atomic E-state index is 11.7. The fourth-order valence-corrected chi connectivity index (χ4v) is 1.44. The summed E-state index contributed by atoms with van der Waals surface area (Å²) in [5.41, 5.74) is 0.343. The second-order valence-electron chi connectivity index (χ2n) is 3.96. The maximum Gasteiger partial charge on any atom is 0.251 e. The van der Waals surface area contributed by atoms with Gasteiger partial charge < -0.3 is 15.3 Å². The smallest absolute Gasteiger partial charge is 0.251 e. The van der Waals surface area contributed by atoms with Gasteiger partial charge in [-0.25, -0.2) is 0 Å². The molecule has 0 unspecified atom stereocenters. The van der Waals surface area contributed by atoms with E-state index in [4.69, 9.17) is 11.6 Å². The zero-order chi connectivity index (χ0) is 13.7. The van der Waals surface area contributed by atoms with Crippen LogP contribution in [0.25, 0.3) is 0 Å². The highest BCUT2D eigenvalue weighted by atomic mass is 35.5. The topological polar surface area (TPSA) is 69.6 Å². The van der Waals surface area contributed by atoms with Crippen LogP contribution < -0.4 is 5.32 Å². The summed E-state index contributed by atoms with van der Waals surface area (Å²) in [7, 11) is 3.31. The van der Waals surface area contributed by atoms with Crippen LogP contribution in [0.15, 0.2) is 18.2 Å². The molecule has 0 saturated heterocycles. The van der Waals surface area contributed by atoms with Crippen molar-refractivity contribution < 1.29 is 14.7 Å². The number of nitrogens with one attached hydrogen (secondary N) is 1. The van der Waals surface area contributed by atoms with Crippen molar-refractivity contribution in [1.82, 2.24) is 10.2 Å². The predicted octanol–water partition coefficient (Wildman–Crippen LogP) is 1.25. The molecule has 0 saturated carbocycles. The second-order valence-corrected chi connectivity index (χ2v) is 4.37. The minimum atomic E-state index is -0.330. The van der Waals surface area contributed by atoms with Gasteiger partial charge in [0, 0.05) is 32.6 Å². The predicted molar refractivity (Wildman–Crippen MR) is 68.8 cm³/mol. The van der Waals surface area contributed by atoms with E-state index >= 15 is 0 Å². The van der Waals surface area contributed by atoms with E-state index in [2.05, 4.69) is 5.32 Å². The van der Waals surface area contributed by atoms with E-state index < -0.39 is 0 Å². The van der Waals surface area contributed by atoms with Crippen molar-refractivity contribution in [2.24, 2.45) is 0 Å². The van der Waals surface area contributed by atoms with Crippen LogP contribution in [0.3, 0.4) is 0 Å². The number of hydrogen-bond acceptors (Lipinski definition) is 3. The first-order valence-electron chi connectivity index (χ1n) is 5.38. The fraction of sp³-hybridized carbons (Fsp3) is 0.333. The number of nitrogens with zero attached hydrogens (tertiary/aromatic N) is 1. The van der Waals surface area contributed by atoms with Gasteiger partial charge in [-0.05, 0) is 18.2 Å². The third-order valence-corrected chi connectivity index (χ3v) is 2.64. The first-order chi connectivity index (χ1) is 8.41. The van der Waals surface area contributed by atoms with Gasteiger partial charge in [-0.2, -0.15) is 0 Å². The van der Waals surface area contributed by atoms with Crippen molar-refractivity contribution in [2.45, 2.75) is 6.42 Å². The Morgan fingerprint density at radius 2 is 2.06 bits per heavy atom. The lowest BCUT2D eigenvalue weighted by Gasteiger charge is -2.10. The van der Waals surface area contributed by atoms with Gasteiger partial charge in [-0.3, -0.25) is 9.59 Å². The molecule has 2 amide bonds. The molecule has 0 bridgehead atoms. The van der Waals surface area contributed by atoms with Crippen molar-refractivity contribution in [3.05, 3.63) is 28.8 Å². The van der Waals surface area contributed by atoms with Crippen LogP contribution in [0.4, 0.5) is 0 Å². The third-order valence-electron chi connectivity index (χ3n) is 2.33. The largest absolute Gasteiger partial charge is 0.506 e. The van der Waals surface area contributed by atoms with Gasteiger partial charge in [0.1, 0.15) is 5.75 Å². The van der Waals surface area contributed by atoms with Crippen LogP contribution in [0, 0.1) is 0 Å². The molecule has 5 nitrogen and oxygen atoms in total. The number of phenolic OH excluding ortho intramolecular Hbond substituents is 1. The molecule has 2 N–H and O–H groups in total. The van der Waals surface area contributed by atoms with E-state index in [1.165, 1.54) is 23.1 Å². The van der Waals surface area contributed by atoms with Gasteiger partial charge >= 0.3 is 0 Å². The van der Waals surface area contributed by atoms with E-state index in [9.17, 15) is 14.7 Å². The molecule has 0 spiro atoms. The highest BCUT2D eigenvalue weighted by Crippen LogP contribution is 2.23. The Morgan fingerprint density at radius 3 is 2.61 bits per heavy atom. The summed E-state index contributed by atoms with van der Waals surface area (Å²) in [6.07, 6.45) is 0.241. The minimum Gasteiger partial charge on any atom is -0.506 e. The van der Waals surface area contributed by atoms with Crippen molar-refractivity contribution in [2.75, 3.05) is 20.6 Å². The molecular weight excluding hydrogens is 256 g/mol. The Balaban J connectivity index is 2.50. The lowest BCUT2D eigenvalue weighted by molar-refractivity contribution is -0.128. The van der Waals surface area contributed by atoms with Crippen LogP contribution >= 0.6 is 11.6 Å². The molecule has 0 aromatic heterocycles. The van der Waals surface area contributed by atoms with Crippen LogP contribution in [0.2, 0.25) is 5.02 Å². The van der Waals surface area contributed by atoms with Crippen LogP contribution in [-0.4, -0.2) is 42.5 Å². The van der Waals surface area contributed by atoms with Crippen molar-refractivity contribution in [1.29, 1.82) is 0 Å². The summed E-state index contributed by atoms with van der Waals surface area (Å²) < 4.78 is 0. The Morgan fingerprint density at radius 1 is 1.39 bits per heavy atom. The molecule has 0 aliphatic rings. The molecular formula is C12H15ClN2O3. The summed E-state index contributed by atoms with van der Waals surface area (Å²) in [6.45, 7) is 0.258. The average Bonchev–Trinajstić information content (AvgIpc) is 2.32. The number of amides is 2. The molecule has 0 radical (unpaired) electrons. The highest BCUT2D eigenvalue weighted by molar-refractivity contribution is 6.32. The summed E-state index contributed by atoms with van der Waals surface area (Å²) in [6, 6.07) is 4.19. The maximum atomic E-state index is 11.7. The Bertz CT molecular complexity index is 461. The lowest BCUT2D eigenvalue weighted by atomic mass is 10.2. The Kier molecular flexibility index (Phi) is 4.97. The van der Waals surface area contributed by atoms with E-state index in [1.54, 1.807) is 14.1 Å². The van der Waals surface area contributed by atoms with E-state index in [1.807, 2.05) is 0 Å². The van der Waals surface area contributed by atoms with E-state index in [0.29, 0.717) is 5.56 Å². The van der Waals surface area contributed by atoms with Gasteiger partial charge in [-0.1, -0.05) is 11.6 Å². The first kappa shape index (κ1) is 14.3. The van der Waals surface area contributed by atoms with Crippen molar-refractivity contribution in [3.63, 3.8) is 0 Å². The zero-order valence-electron chi connectivity index (χ0n) is 10.2. The summed E-state index contributed by atoms with van der Waals surface area (Å²) in [5, 5.41) is 11.9. The summed E-state index contributed by atoms with van der Waals surface area (Å²) >= 11 is 5.69. The summed E-state index contributed by atoms with van der Waals surface area (Å²) in [4.78, 5) is 24.4. The number of hydrogen-bond donors (Lipinski definition) is 2. The van der Waals surface area contributed by atoms with Gasteiger partial charge in [0.2, 0.25) is 5.91 Å². The second kappa shape index (κ2) is 6.26. The molecule has 0 atom stereocenters. The lowest BCUT2D eigenvalue weighted by Crippen LogP contribution is -2.30. The number of rotatable bonds is 4. The molecule has 1 aromatic rings. The van der Waals surface area contributed by atoms with E-state index in [0.717, 1.165) is 0 Å². The minimum absolute atomic E-state index is 0.0564. The molecule has 18 heavy (non-hydrogen) atoms. The number of phenols is 1. The highest BCUT2D eigenvalue weighted by Gasteiger charge is 2.09. The fourth-order valence-electron chi connectivity index (χ4n) is 1.26. The number of carbonyl (C=O) groups is 2. The molecule has 0 heterocycles. The quantitative estimate of drug-likeness (QED) is 0.865. The van der Waals surface area contributed by atoms with Crippen molar-refractivity contribution in [3.8, 4) is 5.75 Å². The van der Waals surface area contributed by atoms with Gasteiger partial charge in [0.15, 0.2) is 0 Å². The zero-order valence-corrected chi connectivity index (χ0v) is 11.0. The summed E-state index contributed by atoms with van der Waals surface area (Å²) in [5.74, 6) is -0.460. The molecule has 6 heteroatoms. The van der Waals surface area contributed by atoms with Gasteiger partial charge in [-0.15, -0.1) is 0 Å². The molecule has 1 aromatic carbocycles. The third kappa shape index (κ3) is 3.92. The van der Waals surface area contributed by atoms with Gasteiger partial charge in [0.05, 0.1) is 5.02 Å². The first-order valence-corrected chi connectivity index (χ1v) is 5.76. The number of benzene rings is 1. The average molecular weight is 271 g/mol. The van der Waals surface area contributed by atoms with Crippen LogP contribution in [-0.2, 0) is 4.79 Å². The molecule has 98 valence electrons. The molecule has 1 rings (SSSR count). The number of aromatic hydroxyl groups is 1. The molecule has 0 aliphatic heterocycles. The SMILES string of the molecule is CN(C)C(=O)CCNC(=O)c1ccc(O)c(Cl)c1. The number of carbonyl (C=O) groups excluding carboxylic acids is 2. The van der Waals surface area contributed by atoms with Crippen LogP contribution in [0.5, 0.6) is 5.75 Å². The Labute approximate surface area is 110 Å². The number of halogens is 1. The van der Waals surface area contributed by atoms with Gasteiger partial charge in [0.25, 0.3) is 5.91 Å². The normalized spacial score (nSPS) is 9.94. The van der Waals surface area contributed by atoms with Crippen molar-refractivity contribution >= 4 is 23.4 Å². The van der Waals surface area contributed by atoms with E-state index in [-0.39, 0.29) is 35.6 Å². The standard InChI is InChI=1S/C12H15ClN2O3/c1-15(2)11(17)5-6-14-12(18)8-3-4-10(16)9(13)7-8/h3-4,7,16H,5-6H2,1-2H3,(H,14,18). The van der Waals surface area contributed by atoms with Crippen LogP contribution in [0.1, 0.15) is 16.8 Å². The molecule has 0 fully saturated rings. The Hall–Kier alpha value is -1.75. The monoisotopic (exact) mass is 270 g/mol. The molecule has 0 aliphatic carbocycles.